The zero-order chi connectivity index (χ0) is 8.97. The van der Waals surface area contributed by atoms with Crippen LogP contribution in [0.15, 0.2) is 22.7 Å². The first-order chi connectivity index (χ1) is 5.75. The Morgan fingerprint density at radius 2 is 2.17 bits per heavy atom. The molecular weight excluding hydrogens is 237 g/mol. The van der Waals surface area contributed by atoms with E-state index in [-0.39, 0.29) is 0 Å². The van der Waals surface area contributed by atoms with Crippen molar-refractivity contribution in [2.45, 2.75) is 0 Å². The topological polar surface area (TPSA) is 23.8 Å². The summed E-state index contributed by atoms with van der Waals surface area (Å²) in [6.07, 6.45) is 0. The lowest BCUT2D eigenvalue weighted by atomic mass is 10.2. The summed E-state index contributed by atoms with van der Waals surface area (Å²) < 4.78 is 0.786. The molecule has 0 fully saturated rings. The highest BCUT2D eigenvalue weighted by molar-refractivity contribution is 9.10. The molecule has 0 aliphatic rings. The maximum atomic E-state index is 8.21. The van der Waals surface area contributed by atoms with E-state index in [1.54, 1.807) is 12.1 Å². The van der Waals surface area contributed by atoms with Crippen LogP contribution in [0.2, 0.25) is 5.02 Å². The van der Waals surface area contributed by atoms with Crippen molar-refractivity contribution in [3.05, 3.63) is 33.3 Å². The monoisotopic (exact) mass is 239 g/mol. The summed E-state index contributed by atoms with van der Waals surface area (Å²) >= 11 is 9.13. The Hall–Kier alpha value is -0.960. The summed E-state index contributed by atoms with van der Waals surface area (Å²) in [5, 5.41) is 8.75. The quantitative estimate of drug-likeness (QED) is 0.640. The third-order valence-electron chi connectivity index (χ3n) is 1.20. The van der Waals surface area contributed by atoms with Gasteiger partial charge >= 0.3 is 0 Å². The average Bonchev–Trinajstić information content (AvgIpc) is 2.08. The molecule has 0 amide bonds. The maximum absolute atomic E-state index is 8.21. The predicted molar refractivity (Wildman–Crippen MR) is 51.6 cm³/mol. The molecular formula is C9H3BrClN. The van der Waals surface area contributed by atoms with Crippen LogP contribution in [0.4, 0.5) is 0 Å². The van der Waals surface area contributed by atoms with Crippen LogP contribution in [-0.4, -0.2) is 0 Å². The van der Waals surface area contributed by atoms with Crippen molar-refractivity contribution in [2.24, 2.45) is 0 Å². The fourth-order valence-electron chi connectivity index (χ4n) is 0.696. The number of rotatable bonds is 0. The molecule has 0 N–H and O–H groups in total. The lowest BCUT2D eigenvalue weighted by Gasteiger charge is -1.96. The Kier molecular flexibility index (Phi) is 3.17. The Morgan fingerprint density at radius 1 is 1.42 bits per heavy atom. The van der Waals surface area contributed by atoms with Crippen LogP contribution in [0.3, 0.4) is 0 Å². The smallest absolute Gasteiger partial charge is 0.152 e. The van der Waals surface area contributed by atoms with E-state index >= 15 is 0 Å². The molecule has 0 spiro atoms. The predicted octanol–water partition coefficient (Wildman–Crippen LogP) is 2.98. The van der Waals surface area contributed by atoms with Gasteiger partial charge < -0.3 is 0 Å². The van der Waals surface area contributed by atoms with E-state index in [0.29, 0.717) is 10.6 Å². The molecule has 0 saturated carbocycles. The Bertz CT molecular complexity index is 395. The highest BCUT2D eigenvalue weighted by atomic mass is 79.9. The molecule has 0 saturated heterocycles. The van der Waals surface area contributed by atoms with Gasteiger partial charge in [0.2, 0.25) is 0 Å². The van der Waals surface area contributed by atoms with Crippen molar-refractivity contribution in [3.63, 3.8) is 0 Å². The van der Waals surface area contributed by atoms with Crippen molar-refractivity contribution in [2.75, 3.05) is 0 Å². The van der Waals surface area contributed by atoms with Gasteiger partial charge in [0.25, 0.3) is 0 Å². The molecule has 58 valence electrons. The molecule has 12 heavy (non-hydrogen) atoms. The largest absolute Gasteiger partial charge is 0.183 e. The van der Waals surface area contributed by atoms with Crippen molar-refractivity contribution in [1.82, 2.24) is 0 Å². The average molecular weight is 240 g/mol. The van der Waals surface area contributed by atoms with E-state index in [1.807, 2.05) is 12.1 Å². The SMILES string of the molecule is N#CC#Cc1cccc(Br)c1Cl. The molecule has 0 aromatic heterocycles. The molecule has 3 heteroatoms. The second-order valence-electron chi connectivity index (χ2n) is 1.96. The van der Waals surface area contributed by atoms with Crippen LogP contribution in [0.25, 0.3) is 0 Å². The van der Waals surface area contributed by atoms with E-state index in [4.69, 9.17) is 16.9 Å². The summed E-state index contributed by atoms with van der Waals surface area (Å²) in [6, 6.07) is 7.13. The fraction of sp³-hybridized carbons (Fsp3) is 0. The van der Waals surface area contributed by atoms with Crippen LogP contribution < -0.4 is 0 Å². The first-order valence-electron chi connectivity index (χ1n) is 3.10. The fourth-order valence-corrected chi connectivity index (χ4v) is 1.24. The van der Waals surface area contributed by atoms with Crippen LogP contribution >= 0.6 is 27.5 Å². The van der Waals surface area contributed by atoms with Crippen LogP contribution in [0.5, 0.6) is 0 Å². The molecule has 0 unspecified atom stereocenters. The van der Waals surface area contributed by atoms with E-state index < -0.39 is 0 Å². The van der Waals surface area contributed by atoms with Crippen molar-refractivity contribution < 1.29 is 0 Å². The lowest BCUT2D eigenvalue weighted by Crippen LogP contribution is -1.77. The highest BCUT2D eigenvalue weighted by Crippen LogP contribution is 2.24. The van der Waals surface area contributed by atoms with Crippen LogP contribution in [-0.2, 0) is 0 Å². The van der Waals surface area contributed by atoms with Crippen LogP contribution in [0.1, 0.15) is 5.56 Å². The summed E-state index contributed by atoms with van der Waals surface area (Å²) in [6.45, 7) is 0. The maximum Gasteiger partial charge on any atom is 0.152 e. The molecule has 0 atom stereocenters. The Morgan fingerprint density at radius 3 is 2.83 bits per heavy atom. The van der Waals surface area contributed by atoms with Gasteiger partial charge in [-0.2, -0.15) is 5.26 Å². The number of benzene rings is 1. The molecule has 1 rings (SSSR count). The van der Waals surface area contributed by atoms with Gasteiger partial charge in [-0.15, -0.1) is 0 Å². The number of nitrogens with zero attached hydrogens (tertiary/aromatic N) is 1. The molecule has 1 aromatic carbocycles. The summed E-state index contributed by atoms with van der Waals surface area (Å²) in [5.74, 6) is 4.91. The second-order valence-corrected chi connectivity index (χ2v) is 3.20. The third-order valence-corrected chi connectivity index (χ3v) is 2.50. The third kappa shape index (κ3) is 2.01. The summed E-state index contributed by atoms with van der Waals surface area (Å²) in [4.78, 5) is 0. The normalized spacial score (nSPS) is 8.08. The van der Waals surface area contributed by atoms with Gasteiger partial charge in [0.1, 0.15) is 0 Å². The minimum Gasteiger partial charge on any atom is -0.183 e. The van der Waals surface area contributed by atoms with Gasteiger partial charge in [-0.05, 0) is 34.0 Å². The minimum absolute atomic E-state index is 0.542. The zero-order valence-corrected chi connectivity index (χ0v) is 8.28. The van der Waals surface area contributed by atoms with Gasteiger partial charge in [0.05, 0.1) is 5.02 Å². The van der Waals surface area contributed by atoms with E-state index in [2.05, 4.69) is 27.8 Å². The van der Waals surface area contributed by atoms with Crippen LogP contribution in [0, 0.1) is 23.2 Å². The van der Waals surface area contributed by atoms with Gasteiger partial charge in [0, 0.05) is 16.0 Å². The molecule has 0 aliphatic heterocycles. The first-order valence-corrected chi connectivity index (χ1v) is 4.27. The Labute approximate surface area is 84.1 Å². The Balaban J connectivity index is 3.19. The standard InChI is InChI=1S/C9H3BrClN/c10-8-5-1-3-7(9(8)11)4-2-6-12/h1,3,5H. The van der Waals surface area contributed by atoms with Crippen molar-refractivity contribution in [1.29, 1.82) is 5.26 Å². The van der Waals surface area contributed by atoms with E-state index in [9.17, 15) is 0 Å². The molecule has 0 radical (unpaired) electrons. The van der Waals surface area contributed by atoms with Gasteiger partial charge in [-0.25, -0.2) is 0 Å². The molecule has 0 aliphatic carbocycles. The minimum atomic E-state index is 0.542. The van der Waals surface area contributed by atoms with Crippen molar-refractivity contribution >= 4 is 27.5 Å². The van der Waals surface area contributed by atoms with E-state index in [0.717, 1.165) is 4.47 Å². The number of hydrogen-bond donors (Lipinski definition) is 0. The molecule has 0 bridgehead atoms. The number of nitriles is 1. The number of hydrogen-bond acceptors (Lipinski definition) is 1. The first kappa shape index (κ1) is 9.13. The van der Waals surface area contributed by atoms with Crippen molar-refractivity contribution in [3.8, 4) is 17.9 Å². The second kappa shape index (κ2) is 4.16. The van der Waals surface area contributed by atoms with Gasteiger partial charge in [-0.3, -0.25) is 0 Å². The highest BCUT2D eigenvalue weighted by Gasteiger charge is 1.99. The van der Waals surface area contributed by atoms with Gasteiger partial charge in [0.15, 0.2) is 6.07 Å². The summed E-state index contributed by atoms with van der Waals surface area (Å²) in [5.41, 5.74) is 0.660. The summed E-state index contributed by atoms with van der Waals surface area (Å²) in [7, 11) is 0. The molecule has 1 aromatic rings. The van der Waals surface area contributed by atoms with E-state index in [1.165, 1.54) is 0 Å². The number of halogens is 2. The molecule has 1 nitrogen and oxygen atoms in total. The lowest BCUT2D eigenvalue weighted by molar-refractivity contribution is 1.54. The van der Waals surface area contributed by atoms with Gasteiger partial charge in [-0.1, -0.05) is 17.7 Å². The zero-order valence-electron chi connectivity index (χ0n) is 5.94. The molecule has 0 heterocycles.